The van der Waals surface area contributed by atoms with Crippen LogP contribution in [0.1, 0.15) is 79.1 Å². The molecule has 0 bridgehead atoms. The molecule has 0 aromatic rings. The van der Waals surface area contributed by atoms with E-state index in [9.17, 15) is 63.3 Å². The monoisotopic (exact) mass is 803 g/mol. The molecule has 0 fully saturated rings. The van der Waals surface area contributed by atoms with Gasteiger partial charge < -0.3 is 69.5 Å². The fourth-order valence-corrected chi connectivity index (χ4v) is 4.84. The highest BCUT2D eigenvalue weighted by Crippen LogP contribution is 2.12. The number of primary amides is 2. The third-order valence-corrected chi connectivity index (χ3v) is 8.87. The Morgan fingerprint density at radius 2 is 0.857 bits per heavy atom. The lowest BCUT2D eigenvalue weighted by atomic mass is 9.96. The summed E-state index contributed by atoms with van der Waals surface area (Å²) in [6, 6.07) is -10.8. The number of carbonyl (C=O) groups excluding carboxylic acids is 8. The number of aliphatic carboxylic acids is 2. The fourth-order valence-electron chi connectivity index (χ4n) is 4.84. The summed E-state index contributed by atoms with van der Waals surface area (Å²) in [5.74, 6) is -11.9. The standard InChI is InChI=1S/C33H57N9O14/c1-5-15(3)25(36)31(53)40-20(13-43)30(52)38-18(8-11-23(35)46)29(51)42-26(16(4)6-2)32(54)39-17(7-10-22(34)45)27(49)37-19(9-12-24(47)48)28(50)41-21(14-44)33(55)56/h15-21,25-26,43-44H,5-14,36H2,1-4H3,(H2,34,45)(H2,35,46)(H,37,49)(H,38,52)(H,39,54)(H,40,53)(H,41,50)(H,42,51)(H,47,48)(H,55,56)/t15-,16-,17-,18-,19-,20-,21-,25-,26-/m0/s1. The van der Waals surface area contributed by atoms with Crippen molar-refractivity contribution in [3.8, 4) is 0 Å². The molecule has 0 radical (unpaired) electrons. The molecule has 8 amide bonds. The summed E-state index contributed by atoms with van der Waals surface area (Å²) in [6.07, 6.45) is -2.21. The molecule has 16 N–H and O–H groups in total. The Morgan fingerprint density at radius 1 is 0.500 bits per heavy atom. The molecule has 0 rings (SSSR count). The van der Waals surface area contributed by atoms with E-state index < -0.39 is 153 Å². The van der Waals surface area contributed by atoms with Crippen molar-refractivity contribution in [3.05, 3.63) is 0 Å². The van der Waals surface area contributed by atoms with Gasteiger partial charge in [-0.2, -0.15) is 0 Å². The van der Waals surface area contributed by atoms with E-state index in [0.717, 1.165) is 0 Å². The second kappa shape index (κ2) is 25.6. The lowest BCUT2D eigenvalue weighted by molar-refractivity contribution is -0.144. The minimum atomic E-state index is -1.81. The molecule has 9 atom stereocenters. The molecule has 0 aliphatic heterocycles. The van der Waals surface area contributed by atoms with Crippen molar-refractivity contribution in [2.75, 3.05) is 13.2 Å². The van der Waals surface area contributed by atoms with E-state index in [1.807, 2.05) is 5.32 Å². The van der Waals surface area contributed by atoms with Crippen LogP contribution in [0.15, 0.2) is 0 Å². The first-order chi connectivity index (χ1) is 26.1. The number of hydrogen-bond acceptors (Lipinski definition) is 13. The van der Waals surface area contributed by atoms with Gasteiger partial charge >= 0.3 is 11.9 Å². The average Bonchev–Trinajstić information content (AvgIpc) is 3.14. The zero-order valence-electron chi connectivity index (χ0n) is 31.9. The van der Waals surface area contributed by atoms with E-state index >= 15 is 0 Å². The number of carboxylic acid groups (broad SMARTS) is 2. The number of carbonyl (C=O) groups is 10. The predicted molar refractivity (Wildman–Crippen MR) is 194 cm³/mol. The van der Waals surface area contributed by atoms with Gasteiger partial charge in [-0.3, -0.25) is 43.2 Å². The van der Waals surface area contributed by atoms with Crippen LogP contribution in [0.25, 0.3) is 0 Å². The molecule has 0 unspecified atom stereocenters. The highest BCUT2D eigenvalue weighted by Gasteiger charge is 2.35. The van der Waals surface area contributed by atoms with Crippen LogP contribution in [-0.2, 0) is 47.9 Å². The maximum Gasteiger partial charge on any atom is 0.328 e. The van der Waals surface area contributed by atoms with Gasteiger partial charge in [0.1, 0.15) is 36.3 Å². The Morgan fingerprint density at radius 3 is 1.23 bits per heavy atom. The second-order valence-electron chi connectivity index (χ2n) is 13.2. The summed E-state index contributed by atoms with van der Waals surface area (Å²) in [6.45, 7) is 4.75. The maximum atomic E-state index is 13.7. The highest BCUT2D eigenvalue weighted by atomic mass is 16.4. The quantitative estimate of drug-likeness (QED) is 0.0352. The number of nitrogens with one attached hydrogen (secondary N) is 6. The molecule has 0 aromatic carbocycles. The topological polar surface area (TPSA) is 402 Å². The van der Waals surface area contributed by atoms with Gasteiger partial charge in [0, 0.05) is 19.3 Å². The average molecular weight is 804 g/mol. The summed E-state index contributed by atoms with van der Waals surface area (Å²) in [4.78, 5) is 125. The van der Waals surface area contributed by atoms with Gasteiger partial charge in [0.25, 0.3) is 0 Å². The predicted octanol–water partition coefficient (Wildman–Crippen LogP) is -5.22. The van der Waals surface area contributed by atoms with Crippen molar-refractivity contribution in [3.63, 3.8) is 0 Å². The van der Waals surface area contributed by atoms with Crippen LogP contribution in [0.5, 0.6) is 0 Å². The molecule has 0 aromatic heterocycles. The molecule has 0 heterocycles. The third-order valence-electron chi connectivity index (χ3n) is 8.87. The zero-order valence-corrected chi connectivity index (χ0v) is 31.9. The summed E-state index contributed by atoms with van der Waals surface area (Å²) >= 11 is 0. The Bertz CT molecular complexity index is 1410. The van der Waals surface area contributed by atoms with Crippen LogP contribution in [0.3, 0.4) is 0 Å². The fraction of sp³-hybridized carbons (Fsp3) is 0.697. The molecule has 0 saturated heterocycles. The van der Waals surface area contributed by atoms with Gasteiger partial charge in [0.2, 0.25) is 47.3 Å². The maximum absolute atomic E-state index is 13.7. The Labute approximate surface area is 323 Å². The number of hydrogen-bond donors (Lipinski definition) is 13. The van der Waals surface area contributed by atoms with E-state index in [1.54, 1.807) is 27.7 Å². The molecule has 0 aliphatic rings. The van der Waals surface area contributed by atoms with E-state index in [2.05, 4.69) is 26.6 Å². The first-order valence-corrected chi connectivity index (χ1v) is 17.9. The van der Waals surface area contributed by atoms with Crippen molar-refractivity contribution in [2.45, 2.75) is 121 Å². The van der Waals surface area contributed by atoms with Crippen molar-refractivity contribution < 1.29 is 68.4 Å². The minimum absolute atomic E-state index is 0.247. The third kappa shape index (κ3) is 18.3. The van der Waals surface area contributed by atoms with E-state index in [0.29, 0.717) is 6.42 Å². The van der Waals surface area contributed by atoms with Crippen LogP contribution in [0.2, 0.25) is 0 Å². The summed E-state index contributed by atoms with van der Waals surface area (Å²) in [7, 11) is 0. The van der Waals surface area contributed by atoms with E-state index in [4.69, 9.17) is 22.3 Å². The van der Waals surface area contributed by atoms with Crippen LogP contribution in [0.4, 0.5) is 0 Å². The van der Waals surface area contributed by atoms with Gasteiger partial charge in [-0.1, -0.05) is 40.5 Å². The summed E-state index contributed by atoms with van der Waals surface area (Å²) in [5.41, 5.74) is 16.4. The Kier molecular flexibility index (Phi) is 23.1. The summed E-state index contributed by atoms with van der Waals surface area (Å²) < 4.78 is 0. The smallest absolute Gasteiger partial charge is 0.328 e. The van der Waals surface area contributed by atoms with Crippen molar-refractivity contribution in [2.24, 2.45) is 29.0 Å². The largest absolute Gasteiger partial charge is 0.481 e. The van der Waals surface area contributed by atoms with Gasteiger partial charge in [-0.25, -0.2) is 4.79 Å². The molecule has 0 spiro atoms. The second-order valence-corrected chi connectivity index (χ2v) is 13.2. The molecule has 56 heavy (non-hydrogen) atoms. The number of aliphatic hydroxyl groups excluding tert-OH is 2. The minimum Gasteiger partial charge on any atom is -0.481 e. The molecule has 23 nitrogen and oxygen atoms in total. The number of amides is 8. The van der Waals surface area contributed by atoms with Crippen LogP contribution in [-0.4, -0.2) is 135 Å². The van der Waals surface area contributed by atoms with Crippen LogP contribution >= 0.6 is 0 Å². The lowest BCUT2D eigenvalue weighted by Gasteiger charge is -2.29. The first kappa shape index (κ1) is 50.6. The molecule has 0 aliphatic carbocycles. The van der Waals surface area contributed by atoms with Gasteiger partial charge in [0.05, 0.1) is 19.3 Å². The number of nitrogens with two attached hydrogens (primary N) is 3. The molecule has 0 saturated carbocycles. The zero-order chi connectivity index (χ0) is 43.3. The Balaban J connectivity index is 6.41. The van der Waals surface area contributed by atoms with Gasteiger partial charge in [-0.05, 0) is 31.1 Å². The molecule has 23 heteroatoms. The van der Waals surface area contributed by atoms with Crippen molar-refractivity contribution >= 4 is 59.2 Å². The number of aliphatic hydroxyl groups is 2. The van der Waals surface area contributed by atoms with Gasteiger partial charge in [0.15, 0.2) is 0 Å². The number of carboxylic acids is 2. The van der Waals surface area contributed by atoms with Crippen LogP contribution < -0.4 is 49.1 Å². The first-order valence-electron chi connectivity index (χ1n) is 17.9. The molecule has 318 valence electrons. The van der Waals surface area contributed by atoms with Crippen LogP contribution in [0, 0.1) is 11.8 Å². The van der Waals surface area contributed by atoms with E-state index in [-0.39, 0.29) is 18.8 Å². The van der Waals surface area contributed by atoms with Gasteiger partial charge in [-0.15, -0.1) is 0 Å². The summed E-state index contributed by atoms with van der Waals surface area (Å²) in [5, 5.41) is 51.1. The van der Waals surface area contributed by atoms with Crippen molar-refractivity contribution in [1.29, 1.82) is 0 Å². The van der Waals surface area contributed by atoms with Crippen molar-refractivity contribution in [1.82, 2.24) is 31.9 Å². The SMILES string of the molecule is CC[C@H](C)[C@H](N)C(=O)N[C@@H](CO)C(=O)N[C@@H](CCC(N)=O)C(=O)N[C@H](C(=O)N[C@@H](CCC(N)=O)C(=O)N[C@@H](CCC(=O)O)C(=O)N[C@@H](CO)C(=O)O)[C@@H](C)CC. The lowest BCUT2D eigenvalue weighted by Crippen LogP contribution is -2.61. The highest BCUT2D eigenvalue weighted by molar-refractivity contribution is 5.97. The number of rotatable bonds is 28. The molecular formula is C33H57N9O14. The molecular weight excluding hydrogens is 746 g/mol. The Hall–Kier alpha value is -5.42. The normalized spacial score (nSPS) is 15.8. The van der Waals surface area contributed by atoms with E-state index in [1.165, 1.54) is 0 Å².